The van der Waals surface area contributed by atoms with E-state index in [1.807, 2.05) is 26.0 Å². The summed E-state index contributed by atoms with van der Waals surface area (Å²) < 4.78 is 0. The van der Waals surface area contributed by atoms with E-state index in [1.54, 1.807) is 18.3 Å². The van der Waals surface area contributed by atoms with E-state index in [-0.39, 0.29) is 6.03 Å². The van der Waals surface area contributed by atoms with Gasteiger partial charge in [0.1, 0.15) is 0 Å². The van der Waals surface area contributed by atoms with Crippen LogP contribution in [0.3, 0.4) is 0 Å². The van der Waals surface area contributed by atoms with Crippen molar-refractivity contribution >= 4 is 23.3 Å². The smallest absolute Gasteiger partial charge is 0.315 e. The molecule has 3 nitrogen and oxygen atoms in total. The van der Waals surface area contributed by atoms with Gasteiger partial charge in [-0.1, -0.05) is 30.7 Å². The highest BCUT2D eigenvalue weighted by molar-refractivity contribution is 6.31. The molecule has 0 unspecified atom stereocenters. The summed E-state index contributed by atoms with van der Waals surface area (Å²) in [5, 5.41) is 5.93. The largest absolute Gasteiger partial charge is 0.323 e. The fraction of sp³-hybridized carbons (Fsp3) is 0.250. The maximum Gasteiger partial charge on any atom is 0.323 e. The van der Waals surface area contributed by atoms with Crippen LogP contribution in [0.25, 0.3) is 0 Å². The zero-order chi connectivity index (χ0) is 12.0. The van der Waals surface area contributed by atoms with E-state index in [2.05, 4.69) is 10.6 Å². The molecule has 0 aliphatic rings. The molecule has 0 aliphatic heterocycles. The molecule has 0 radical (unpaired) electrons. The molecule has 0 aromatic heterocycles. The number of aryl methyl sites for hydroxylation is 1. The number of allylic oxidation sites excluding steroid dienone is 1. The predicted octanol–water partition coefficient (Wildman–Crippen LogP) is 3.69. The minimum absolute atomic E-state index is 0.268. The summed E-state index contributed by atoms with van der Waals surface area (Å²) in [4.78, 5) is 11.4. The van der Waals surface area contributed by atoms with Crippen molar-refractivity contribution in [1.82, 2.24) is 5.32 Å². The first-order chi connectivity index (χ1) is 7.63. The zero-order valence-electron chi connectivity index (χ0n) is 9.38. The molecular weight excluding hydrogens is 224 g/mol. The third kappa shape index (κ3) is 3.95. The molecule has 2 amide bonds. The van der Waals surface area contributed by atoms with Gasteiger partial charge in [0.25, 0.3) is 0 Å². The maximum atomic E-state index is 11.4. The molecule has 4 heteroatoms. The van der Waals surface area contributed by atoms with E-state index < -0.39 is 0 Å². The number of benzene rings is 1. The quantitative estimate of drug-likeness (QED) is 0.829. The molecule has 16 heavy (non-hydrogen) atoms. The number of carbonyl (C=O) groups is 1. The number of hydrogen-bond acceptors (Lipinski definition) is 1. The first kappa shape index (κ1) is 12.6. The van der Waals surface area contributed by atoms with Gasteiger partial charge >= 0.3 is 6.03 Å². The first-order valence-corrected chi connectivity index (χ1v) is 5.50. The normalized spacial score (nSPS) is 10.4. The van der Waals surface area contributed by atoms with Crippen molar-refractivity contribution in [2.75, 3.05) is 5.32 Å². The molecule has 0 heterocycles. The lowest BCUT2D eigenvalue weighted by Crippen LogP contribution is -2.24. The number of carbonyl (C=O) groups excluding carboxylic acids is 1. The SMILES string of the molecule is CC/C=C/NC(=O)Nc1cc(Cl)ccc1C. The van der Waals surface area contributed by atoms with Gasteiger partial charge in [-0.15, -0.1) is 0 Å². The maximum absolute atomic E-state index is 11.4. The van der Waals surface area contributed by atoms with Gasteiger partial charge in [-0.2, -0.15) is 0 Å². The van der Waals surface area contributed by atoms with Crippen LogP contribution in [0.2, 0.25) is 5.02 Å². The van der Waals surface area contributed by atoms with Crippen LogP contribution in [0, 0.1) is 6.92 Å². The minimum Gasteiger partial charge on any atom is -0.315 e. The highest BCUT2D eigenvalue weighted by Gasteiger charge is 2.02. The van der Waals surface area contributed by atoms with Gasteiger partial charge in [-0.3, -0.25) is 0 Å². The summed E-state index contributed by atoms with van der Waals surface area (Å²) in [5.74, 6) is 0. The Balaban J connectivity index is 2.62. The molecule has 0 spiro atoms. The Hall–Kier alpha value is -1.48. The number of anilines is 1. The Morgan fingerprint density at radius 1 is 1.50 bits per heavy atom. The molecule has 0 bridgehead atoms. The number of amides is 2. The van der Waals surface area contributed by atoms with E-state index in [0.717, 1.165) is 17.7 Å². The predicted molar refractivity (Wildman–Crippen MR) is 67.8 cm³/mol. The molecular formula is C12H15ClN2O. The van der Waals surface area contributed by atoms with Gasteiger partial charge in [-0.25, -0.2) is 4.79 Å². The lowest BCUT2D eigenvalue weighted by Gasteiger charge is -2.08. The van der Waals surface area contributed by atoms with Crippen molar-refractivity contribution in [3.63, 3.8) is 0 Å². The van der Waals surface area contributed by atoms with E-state index in [4.69, 9.17) is 11.6 Å². The molecule has 0 atom stereocenters. The second kappa shape index (κ2) is 6.18. The molecule has 86 valence electrons. The molecule has 1 aromatic carbocycles. The van der Waals surface area contributed by atoms with Crippen LogP contribution in [-0.2, 0) is 0 Å². The van der Waals surface area contributed by atoms with Gasteiger partial charge in [0.05, 0.1) is 0 Å². The number of urea groups is 1. The van der Waals surface area contributed by atoms with Gasteiger partial charge in [-0.05, 0) is 31.0 Å². The third-order valence-electron chi connectivity index (χ3n) is 2.02. The summed E-state index contributed by atoms with van der Waals surface area (Å²) in [6.07, 6.45) is 4.37. The summed E-state index contributed by atoms with van der Waals surface area (Å²) in [6, 6.07) is 5.10. The van der Waals surface area contributed by atoms with Gasteiger partial charge < -0.3 is 10.6 Å². The van der Waals surface area contributed by atoms with Crippen molar-refractivity contribution < 1.29 is 4.79 Å². The van der Waals surface area contributed by atoms with Crippen LogP contribution in [-0.4, -0.2) is 6.03 Å². The minimum atomic E-state index is -0.268. The van der Waals surface area contributed by atoms with Crippen molar-refractivity contribution in [1.29, 1.82) is 0 Å². The van der Waals surface area contributed by atoms with Gasteiger partial charge in [0.15, 0.2) is 0 Å². The van der Waals surface area contributed by atoms with E-state index in [1.165, 1.54) is 0 Å². The average molecular weight is 239 g/mol. The highest BCUT2D eigenvalue weighted by Crippen LogP contribution is 2.19. The molecule has 0 fully saturated rings. The fourth-order valence-electron chi connectivity index (χ4n) is 1.14. The van der Waals surface area contributed by atoms with Crippen molar-refractivity contribution in [3.05, 3.63) is 41.1 Å². The number of nitrogens with one attached hydrogen (secondary N) is 2. The number of rotatable bonds is 3. The Morgan fingerprint density at radius 3 is 2.94 bits per heavy atom. The summed E-state index contributed by atoms with van der Waals surface area (Å²) in [5.41, 5.74) is 1.69. The monoisotopic (exact) mass is 238 g/mol. The van der Waals surface area contributed by atoms with Gasteiger partial charge in [0.2, 0.25) is 0 Å². The van der Waals surface area contributed by atoms with Crippen LogP contribution < -0.4 is 10.6 Å². The molecule has 0 saturated carbocycles. The fourth-order valence-corrected chi connectivity index (χ4v) is 1.31. The number of hydrogen-bond donors (Lipinski definition) is 2. The first-order valence-electron chi connectivity index (χ1n) is 5.12. The molecule has 2 N–H and O–H groups in total. The van der Waals surface area contributed by atoms with Crippen LogP contribution in [0.1, 0.15) is 18.9 Å². The van der Waals surface area contributed by atoms with E-state index in [0.29, 0.717) is 5.02 Å². The van der Waals surface area contributed by atoms with Gasteiger partial charge in [0, 0.05) is 16.9 Å². The summed E-state index contributed by atoms with van der Waals surface area (Å²) >= 11 is 5.84. The standard InChI is InChI=1S/C12H15ClN2O/c1-3-4-7-14-12(16)15-11-8-10(13)6-5-9(11)2/h4-8H,3H2,1-2H3,(H2,14,15,16)/b7-4+. The van der Waals surface area contributed by atoms with Crippen molar-refractivity contribution in [2.45, 2.75) is 20.3 Å². The Kier molecular flexibility index (Phi) is 4.86. The molecule has 0 aliphatic carbocycles. The van der Waals surface area contributed by atoms with Crippen LogP contribution in [0.15, 0.2) is 30.5 Å². The van der Waals surface area contributed by atoms with Crippen molar-refractivity contribution in [2.24, 2.45) is 0 Å². The number of halogens is 1. The Labute approximate surface area is 100 Å². The third-order valence-corrected chi connectivity index (χ3v) is 2.25. The highest BCUT2D eigenvalue weighted by atomic mass is 35.5. The topological polar surface area (TPSA) is 41.1 Å². The van der Waals surface area contributed by atoms with Crippen molar-refractivity contribution in [3.8, 4) is 0 Å². The van der Waals surface area contributed by atoms with E-state index in [9.17, 15) is 4.79 Å². The average Bonchev–Trinajstić information content (AvgIpc) is 2.24. The lowest BCUT2D eigenvalue weighted by atomic mass is 10.2. The molecule has 0 saturated heterocycles. The van der Waals surface area contributed by atoms with Crippen LogP contribution in [0.4, 0.5) is 10.5 Å². The second-order valence-electron chi connectivity index (χ2n) is 3.37. The molecule has 1 aromatic rings. The van der Waals surface area contributed by atoms with Crippen LogP contribution in [0.5, 0.6) is 0 Å². The zero-order valence-corrected chi connectivity index (χ0v) is 10.1. The second-order valence-corrected chi connectivity index (χ2v) is 3.80. The van der Waals surface area contributed by atoms with E-state index >= 15 is 0 Å². The Morgan fingerprint density at radius 2 is 2.25 bits per heavy atom. The van der Waals surface area contributed by atoms with Crippen LogP contribution >= 0.6 is 11.6 Å². The lowest BCUT2D eigenvalue weighted by molar-refractivity contribution is 0.255. The summed E-state index contributed by atoms with van der Waals surface area (Å²) in [6.45, 7) is 3.91. The molecule has 1 rings (SSSR count). The summed E-state index contributed by atoms with van der Waals surface area (Å²) in [7, 11) is 0. The Bertz CT molecular complexity index is 402.